The van der Waals surface area contributed by atoms with Crippen LogP contribution in [0, 0.1) is 28.9 Å². The van der Waals surface area contributed by atoms with E-state index in [9.17, 15) is 4.79 Å². The molecule has 0 saturated heterocycles. The molecule has 0 saturated carbocycles. The van der Waals surface area contributed by atoms with Gasteiger partial charge in [0.25, 0.3) is 6.03 Å². The van der Waals surface area contributed by atoms with Gasteiger partial charge in [-0.15, -0.1) is 0 Å². The van der Waals surface area contributed by atoms with Gasteiger partial charge in [-0.25, -0.2) is 0 Å². The molecule has 0 aromatic heterocycles. The molecule has 0 spiro atoms. The van der Waals surface area contributed by atoms with Gasteiger partial charge in [-0.05, 0) is 0 Å². The molecule has 3 nitrogen and oxygen atoms in total. The van der Waals surface area contributed by atoms with Gasteiger partial charge >= 0.3 is 0 Å². The number of carbonyl (C=O) groups excluding carboxylic acids is 1. The average molecular weight is 739 g/mol. The van der Waals surface area contributed by atoms with Crippen molar-refractivity contribution in [3.05, 3.63) is 28.9 Å². The Hall–Kier alpha value is 7.00. The topological polar surface area (TPSA) is 41.1 Å². The van der Waals surface area contributed by atoms with Crippen LogP contribution in [0.25, 0.3) is 0 Å². The Balaban J connectivity index is -0.00000000347. The monoisotopic (exact) mass is 738 g/mol. The van der Waals surface area contributed by atoms with Crippen LogP contribution in [0.1, 0.15) is 0 Å². The maximum Gasteiger partial charge on any atom is 0.255 e. The number of nitrogens with one attached hydrogen (secondary N) is 2. The minimum Gasteiger partial charge on any atom is -0.492 e. The molecule has 0 aliphatic rings. The molecule has 0 aromatic carbocycles. The van der Waals surface area contributed by atoms with E-state index in [0.717, 1.165) is 0 Å². The second-order valence-corrected chi connectivity index (χ2v) is 0.683. The average Bonchev–Trinajstić information content (AvgIpc) is 1.65. The van der Waals surface area contributed by atoms with Crippen LogP contribution in [0.15, 0.2) is 0 Å². The summed E-state index contributed by atoms with van der Waals surface area (Å²) in [4.78, 5) is 9.83. The number of rotatable bonds is 0. The predicted molar refractivity (Wildman–Crippen MR) is 35.2 cm³/mol. The maximum absolute atomic E-state index is 9.83. The minimum atomic E-state index is -0.380. The van der Waals surface area contributed by atoms with E-state index in [4.69, 9.17) is 0 Å². The van der Waals surface area contributed by atoms with E-state index >= 15 is 0 Å². The fourth-order valence-electron chi connectivity index (χ4n) is 0.0625. The first kappa shape index (κ1) is 67.4. The third-order valence-electron chi connectivity index (χ3n) is 0.321. The van der Waals surface area contributed by atoms with Crippen molar-refractivity contribution in [2.45, 2.75) is 0 Å². The molecule has 0 rings (SSSR count). The summed E-state index contributed by atoms with van der Waals surface area (Å²) >= 11 is 0. The summed E-state index contributed by atoms with van der Waals surface area (Å²) in [6.07, 6.45) is 0. The van der Waals surface area contributed by atoms with Crippen LogP contribution in [0.4, 0.5) is 4.79 Å². The van der Waals surface area contributed by atoms with Crippen LogP contribution in [0.3, 0.4) is 0 Å². The zero-order valence-electron chi connectivity index (χ0n) is 9.36. The van der Waals surface area contributed by atoms with Crippen LogP contribution in [-0.4, -0.2) is 6.03 Å². The molecule has 0 aliphatic heterocycles. The molecule has 0 atom stereocenters. The number of hydrogen-bond donors (Lipinski definition) is 2. The normalized spacial score (nSPS) is 2.80. The molecule has 0 bridgehead atoms. The van der Waals surface area contributed by atoms with Crippen molar-refractivity contribution < 1.29 is 234 Å². The van der Waals surface area contributed by atoms with Gasteiger partial charge in [0.15, 0.2) is 0 Å². The largest absolute Gasteiger partial charge is 0.492 e. The first-order chi connectivity index (χ1) is 2.81. The van der Waals surface area contributed by atoms with E-state index in [2.05, 4.69) is 24.7 Å². The van der Waals surface area contributed by atoms with Gasteiger partial charge in [0.1, 0.15) is 0 Å². The Labute approximate surface area is 271 Å². The fraction of sp³-hybridized carbons (Fsp3) is 0. The van der Waals surface area contributed by atoms with Crippen molar-refractivity contribution in [2.75, 3.05) is 0 Å². The third kappa shape index (κ3) is 62.7. The zero-order valence-corrected chi connectivity index (χ0v) is 29.2. The number of carbonyl (C=O) groups is 1. The second kappa shape index (κ2) is 58.3. The molecule has 2 N–H and O–H groups in total. The molecular weight excluding hydrogens is 726 g/mol. The van der Waals surface area contributed by atoms with E-state index in [-0.39, 0.29) is 250 Å². The maximum atomic E-state index is 9.83. The fourth-order valence-corrected chi connectivity index (χ4v) is 0.0625. The number of amides is 2. The van der Waals surface area contributed by atoms with E-state index in [1.54, 1.807) is 0 Å². The molecule has 2 amide bonds. The first-order valence-electron chi connectivity index (χ1n) is 1.41. The van der Waals surface area contributed by atoms with Crippen molar-refractivity contribution in [3.63, 3.8) is 0 Å². The Morgan fingerprint density at radius 3 is 0.800 bits per heavy atom. The molecule has 0 heterocycles. The van der Waals surface area contributed by atoms with Crippen molar-refractivity contribution in [1.29, 1.82) is 0 Å². The summed E-state index contributed by atoms with van der Waals surface area (Å²) < 4.78 is 0. The second-order valence-electron chi connectivity index (χ2n) is 0.683. The van der Waals surface area contributed by atoms with Gasteiger partial charge in [-0.3, -0.25) is 18.9 Å². The summed E-state index contributed by atoms with van der Waals surface area (Å²) in [5.41, 5.74) is 0. The SMILES string of the molecule is [CH2-]NC(=O)N[CH2-].[CH3-].[CH3-].[Y].[Y].[Y].[Y].[Y].[Y].[Y]. The van der Waals surface area contributed by atoms with Crippen LogP contribution < -0.4 is 10.6 Å². The summed E-state index contributed by atoms with van der Waals surface area (Å²) in [5.74, 6) is 0. The van der Waals surface area contributed by atoms with Crippen LogP contribution in [-0.2, 0) is 229 Å². The van der Waals surface area contributed by atoms with Gasteiger partial charge in [-0.1, -0.05) is 0 Å². The van der Waals surface area contributed by atoms with E-state index in [1.165, 1.54) is 0 Å². The van der Waals surface area contributed by atoms with Gasteiger partial charge in [0.2, 0.25) is 0 Å². The van der Waals surface area contributed by atoms with E-state index < -0.39 is 0 Å². The standard InChI is InChI=1S/C3H6N2O.2CH3.7Y/c1-4-3(6)5-2;;;;;;;;;/h1-2H2,(H2,4,5,6);2*1H3;;;;;;;/q-2;2*-1;;;;;;;. The molecule has 10 heteroatoms. The van der Waals surface area contributed by atoms with Crippen LogP contribution >= 0.6 is 0 Å². The number of hydrogen-bond acceptors (Lipinski definition) is 1. The van der Waals surface area contributed by atoms with Gasteiger partial charge in [0.05, 0.1) is 0 Å². The molecule has 0 fully saturated rings. The molecule has 0 aliphatic carbocycles. The molecule has 7 radical (unpaired) electrons. The van der Waals surface area contributed by atoms with Crippen LogP contribution in [0.5, 0.6) is 0 Å². The Bertz CT molecular complexity index is 63.3. The van der Waals surface area contributed by atoms with Crippen molar-refractivity contribution in [3.8, 4) is 0 Å². The summed E-state index contributed by atoms with van der Waals surface area (Å²) in [6, 6.07) is -0.380. The van der Waals surface area contributed by atoms with Gasteiger partial charge in [0, 0.05) is 229 Å². The van der Waals surface area contributed by atoms with Crippen molar-refractivity contribution >= 4 is 6.03 Å². The zero-order chi connectivity index (χ0) is 4.99. The first-order valence-corrected chi connectivity index (χ1v) is 1.41. The quantitative estimate of drug-likeness (QED) is 0.355. The van der Waals surface area contributed by atoms with E-state index in [1.807, 2.05) is 0 Å². The Morgan fingerprint density at radius 1 is 0.667 bits per heavy atom. The van der Waals surface area contributed by atoms with E-state index in [0.29, 0.717) is 0 Å². The Morgan fingerprint density at radius 2 is 0.800 bits per heavy atom. The van der Waals surface area contributed by atoms with Crippen molar-refractivity contribution in [1.82, 2.24) is 10.6 Å². The number of urea groups is 1. The summed E-state index contributed by atoms with van der Waals surface area (Å²) in [6.45, 7) is 0. The smallest absolute Gasteiger partial charge is 0.255 e. The minimum absolute atomic E-state index is 0. The molecule has 73 valence electrons. The van der Waals surface area contributed by atoms with Gasteiger partial charge < -0.3 is 25.5 Å². The molecule has 0 unspecified atom stereocenters. The Kier molecular flexibility index (Phi) is 262. The molecule has 0 aromatic rings. The molecular formula is C5H12N2OY7-4. The third-order valence-corrected chi connectivity index (χ3v) is 0.321. The van der Waals surface area contributed by atoms with Gasteiger partial charge in [-0.2, -0.15) is 0 Å². The van der Waals surface area contributed by atoms with Crippen LogP contribution in [0.2, 0.25) is 0 Å². The summed E-state index contributed by atoms with van der Waals surface area (Å²) in [7, 11) is 6.11. The predicted octanol–water partition coefficient (Wildman–Crippen LogP) is 0.752. The van der Waals surface area contributed by atoms with Crippen molar-refractivity contribution in [2.24, 2.45) is 0 Å². The summed E-state index contributed by atoms with van der Waals surface area (Å²) in [5, 5.41) is 4.10. The molecule has 15 heavy (non-hydrogen) atoms.